The predicted molar refractivity (Wildman–Crippen MR) is 93.2 cm³/mol. The highest BCUT2D eigenvalue weighted by molar-refractivity contribution is 6.00. The molecule has 0 spiro atoms. The van der Waals surface area contributed by atoms with E-state index < -0.39 is 6.98 Å². The maximum Gasteiger partial charge on any atom is 0.231 e. The Morgan fingerprint density at radius 3 is 2.69 bits per heavy atom. The predicted octanol–water partition coefficient (Wildman–Crippen LogP) is 2.56. The highest BCUT2D eigenvalue weighted by Crippen LogP contribution is 2.40. The maximum absolute atomic E-state index is 13.2. The van der Waals surface area contributed by atoms with E-state index in [1.807, 2.05) is 6.07 Å². The summed E-state index contributed by atoms with van der Waals surface area (Å²) in [5.74, 6) is 2.16. The van der Waals surface area contributed by atoms with E-state index in [0.29, 0.717) is 40.5 Å². The fraction of sp³-hybridized carbons (Fsp3) is 0.350. The van der Waals surface area contributed by atoms with Gasteiger partial charge in [0.05, 0.1) is 0 Å². The van der Waals surface area contributed by atoms with Crippen molar-refractivity contribution in [3.63, 3.8) is 0 Å². The first-order chi connectivity index (χ1) is 13.9. The van der Waals surface area contributed by atoms with Gasteiger partial charge in [-0.05, 0) is 42.7 Å². The Labute approximate surface area is 155 Å². The molecular weight excluding hydrogens is 335 g/mol. The van der Waals surface area contributed by atoms with E-state index >= 15 is 0 Å². The van der Waals surface area contributed by atoms with Crippen molar-refractivity contribution >= 4 is 5.78 Å². The number of Topliss-reactive ketones (excluding diaryl/α,β-unsaturated/α-hetero) is 1. The van der Waals surface area contributed by atoms with Crippen molar-refractivity contribution in [1.29, 1.82) is 0 Å². The highest BCUT2D eigenvalue weighted by Gasteiger charge is 2.26. The third kappa shape index (κ3) is 2.49. The lowest BCUT2D eigenvalue weighted by Crippen LogP contribution is -2.24. The van der Waals surface area contributed by atoms with Crippen LogP contribution in [0.1, 0.15) is 31.2 Å². The van der Waals surface area contributed by atoms with Crippen LogP contribution in [-0.4, -0.2) is 37.8 Å². The normalized spacial score (nSPS) is 20.6. The van der Waals surface area contributed by atoms with E-state index in [1.165, 1.54) is 4.90 Å². The number of fused-ring (bicyclic) bond motifs is 5. The summed E-state index contributed by atoms with van der Waals surface area (Å²) in [6.07, 6.45) is 0.533. The van der Waals surface area contributed by atoms with Crippen LogP contribution in [0.15, 0.2) is 24.3 Å². The van der Waals surface area contributed by atoms with Crippen LogP contribution in [-0.2, 0) is 19.4 Å². The highest BCUT2D eigenvalue weighted by atomic mass is 16.7. The molecule has 26 heavy (non-hydrogen) atoms. The number of hydrogen-bond donors (Lipinski definition) is 0. The molecule has 6 nitrogen and oxygen atoms in total. The van der Waals surface area contributed by atoms with Crippen LogP contribution in [0.2, 0.25) is 0 Å². The molecule has 2 aromatic carbocycles. The van der Waals surface area contributed by atoms with Crippen LogP contribution in [0.3, 0.4) is 0 Å². The van der Waals surface area contributed by atoms with E-state index in [1.54, 1.807) is 18.2 Å². The maximum atomic E-state index is 13.2. The van der Waals surface area contributed by atoms with Crippen molar-refractivity contribution in [3.8, 4) is 23.0 Å². The van der Waals surface area contributed by atoms with E-state index in [2.05, 4.69) is 0 Å². The molecule has 0 N–H and O–H groups in total. The minimum atomic E-state index is -2.29. The number of ketones is 1. The van der Waals surface area contributed by atoms with Gasteiger partial charge >= 0.3 is 0 Å². The van der Waals surface area contributed by atoms with Crippen molar-refractivity contribution in [2.24, 2.45) is 0 Å². The molecule has 0 saturated heterocycles. The smallest absolute Gasteiger partial charge is 0.231 e. The Hall–Kier alpha value is -2.73. The van der Waals surface area contributed by atoms with Crippen LogP contribution in [0, 0.1) is 0 Å². The van der Waals surface area contributed by atoms with Crippen LogP contribution < -0.4 is 18.9 Å². The SMILES string of the molecule is [2H][13C]([2H])([2H])N1CCc2cc3c(cc2C(=O)Cc2ccc4c(c2C1)OCO4)OCO3. The summed E-state index contributed by atoms with van der Waals surface area (Å²) in [5.41, 5.74) is 2.72. The molecular formula is C20H19NO5. The molecule has 3 aliphatic heterocycles. The zero-order chi connectivity index (χ0) is 20.2. The fourth-order valence-electron chi connectivity index (χ4n) is 3.65. The molecule has 0 amide bonds. The van der Waals surface area contributed by atoms with E-state index in [4.69, 9.17) is 23.1 Å². The molecule has 0 atom stereocenters. The summed E-state index contributed by atoms with van der Waals surface area (Å²) in [4.78, 5) is 14.6. The van der Waals surface area contributed by atoms with Crippen LogP contribution in [0.25, 0.3) is 0 Å². The van der Waals surface area contributed by atoms with Crippen molar-refractivity contribution in [1.82, 2.24) is 4.90 Å². The Kier molecular flexibility index (Phi) is 2.87. The largest absolute Gasteiger partial charge is 0.454 e. The zero-order valence-corrected chi connectivity index (χ0v) is 14.0. The van der Waals surface area contributed by atoms with Gasteiger partial charge in [-0.1, -0.05) is 6.07 Å². The molecule has 2 aromatic rings. The lowest BCUT2D eigenvalue weighted by atomic mass is 9.92. The average molecular weight is 357 g/mol. The van der Waals surface area contributed by atoms with Gasteiger partial charge in [-0.3, -0.25) is 4.79 Å². The average Bonchev–Trinajstić information content (AvgIpc) is 3.32. The fourth-order valence-corrected chi connectivity index (χ4v) is 3.65. The first-order valence-corrected chi connectivity index (χ1v) is 8.51. The third-order valence-corrected chi connectivity index (χ3v) is 4.99. The van der Waals surface area contributed by atoms with E-state index in [-0.39, 0.29) is 38.9 Å². The number of rotatable bonds is 0. The van der Waals surface area contributed by atoms with Gasteiger partial charge in [0, 0.05) is 34.7 Å². The molecule has 3 aliphatic rings. The van der Waals surface area contributed by atoms with Gasteiger partial charge in [0.25, 0.3) is 0 Å². The minimum absolute atomic E-state index is 0.0549. The molecule has 0 saturated carbocycles. The third-order valence-electron chi connectivity index (χ3n) is 4.99. The Bertz CT molecular complexity index is 1000. The second-order valence-electron chi connectivity index (χ2n) is 6.57. The second-order valence-corrected chi connectivity index (χ2v) is 6.57. The number of carbonyl (C=O) groups excluding carboxylic acids is 1. The molecule has 5 rings (SSSR count). The summed E-state index contributed by atoms with van der Waals surface area (Å²) in [5, 5.41) is 0. The Morgan fingerprint density at radius 1 is 1.00 bits per heavy atom. The molecule has 0 radical (unpaired) electrons. The number of hydrogen-bond acceptors (Lipinski definition) is 6. The summed E-state index contributed by atoms with van der Waals surface area (Å²) in [6.45, 7) is -1.70. The van der Waals surface area contributed by atoms with Gasteiger partial charge < -0.3 is 23.8 Å². The van der Waals surface area contributed by atoms with Crippen molar-refractivity contribution < 1.29 is 27.9 Å². The molecule has 0 fully saturated rings. The number of ether oxygens (including phenoxy) is 4. The molecule has 0 unspecified atom stereocenters. The van der Waals surface area contributed by atoms with Crippen LogP contribution >= 0.6 is 0 Å². The molecule has 0 aliphatic carbocycles. The summed E-state index contributed by atoms with van der Waals surface area (Å²) < 4.78 is 45.9. The lowest BCUT2D eigenvalue weighted by Gasteiger charge is -2.22. The molecule has 134 valence electrons. The second kappa shape index (κ2) is 5.92. The molecule has 6 heteroatoms. The number of carbonyl (C=O) groups is 1. The van der Waals surface area contributed by atoms with Gasteiger partial charge in [0.2, 0.25) is 13.6 Å². The summed E-state index contributed by atoms with van der Waals surface area (Å²) >= 11 is 0. The van der Waals surface area contributed by atoms with Gasteiger partial charge in [-0.2, -0.15) is 0 Å². The van der Waals surface area contributed by atoms with Gasteiger partial charge in [-0.15, -0.1) is 0 Å². The quantitative estimate of drug-likeness (QED) is 0.676. The molecule has 0 aromatic heterocycles. The molecule has 3 heterocycles. The summed E-state index contributed by atoms with van der Waals surface area (Å²) in [6, 6.07) is 7.07. The van der Waals surface area contributed by atoms with Gasteiger partial charge in [-0.25, -0.2) is 0 Å². The Balaban J connectivity index is 1.63. The van der Waals surface area contributed by atoms with E-state index in [0.717, 1.165) is 11.1 Å². The van der Waals surface area contributed by atoms with Gasteiger partial charge in [0.15, 0.2) is 28.8 Å². The van der Waals surface area contributed by atoms with Crippen molar-refractivity contribution in [3.05, 3.63) is 46.5 Å². The van der Waals surface area contributed by atoms with Crippen LogP contribution in [0.4, 0.5) is 0 Å². The number of benzene rings is 2. The first-order valence-electron chi connectivity index (χ1n) is 10.0. The zero-order valence-electron chi connectivity index (χ0n) is 17.0. The number of nitrogens with zero attached hydrogens (tertiary/aromatic N) is 1. The monoisotopic (exact) mass is 357 g/mol. The van der Waals surface area contributed by atoms with Crippen molar-refractivity contribution in [2.45, 2.75) is 19.4 Å². The number of likely N-dealkylation sites (N-methyl/N-ethyl adjacent to an activating group) is 1. The van der Waals surface area contributed by atoms with Crippen LogP contribution in [0.5, 0.6) is 23.0 Å². The van der Waals surface area contributed by atoms with E-state index in [9.17, 15) is 4.79 Å². The summed E-state index contributed by atoms with van der Waals surface area (Å²) in [7, 11) is 0. The van der Waals surface area contributed by atoms with Gasteiger partial charge in [0.1, 0.15) is 0 Å². The minimum Gasteiger partial charge on any atom is -0.454 e. The molecule has 0 bridgehead atoms. The first kappa shape index (κ1) is 12.6. The Morgan fingerprint density at radius 2 is 1.81 bits per heavy atom. The standard InChI is InChI=1S/C20H19NO5/c1-21-5-4-13-7-18-19(25-10-24-18)8-14(13)16(22)6-12-2-3-17-20(15(12)9-21)26-11-23-17/h2-3,7-8H,4-6,9-11H2,1H3/i1+1D3. The van der Waals surface area contributed by atoms with Crippen molar-refractivity contribution in [2.75, 3.05) is 27.1 Å². The topological polar surface area (TPSA) is 57.2 Å². The lowest BCUT2D eigenvalue weighted by molar-refractivity contribution is 0.0990.